The number of unbranched alkanes of at least 4 members (excludes halogenated alkanes) is 3. The van der Waals surface area contributed by atoms with E-state index in [-0.39, 0.29) is 5.78 Å². The van der Waals surface area contributed by atoms with Crippen molar-refractivity contribution >= 4 is 22.7 Å². The molecule has 0 unspecified atom stereocenters. The lowest BCUT2D eigenvalue weighted by Gasteiger charge is -2.14. The summed E-state index contributed by atoms with van der Waals surface area (Å²) in [6.07, 6.45) is 4.15. The van der Waals surface area contributed by atoms with Crippen LogP contribution in [-0.4, -0.2) is 23.5 Å². The molecule has 3 aromatic rings. The Labute approximate surface area is 150 Å². The number of fused-ring (bicyclic) bond motifs is 2. The van der Waals surface area contributed by atoms with Gasteiger partial charge in [0.05, 0.1) is 17.6 Å². The fraction of sp³-hybridized carbons (Fsp3) is 0.286. The molecule has 132 valence electrons. The monoisotopic (exact) mass is 349 g/mol. The summed E-state index contributed by atoms with van der Waals surface area (Å²) in [6.45, 7) is 2.52. The Morgan fingerprint density at radius 3 is 2.65 bits per heavy atom. The molecular formula is C21H19NO4. The van der Waals surface area contributed by atoms with Gasteiger partial charge in [0.15, 0.2) is 11.5 Å². The van der Waals surface area contributed by atoms with Crippen molar-refractivity contribution in [1.82, 2.24) is 5.16 Å². The van der Waals surface area contributed by atoms with E-state index in [9.17, 15) is 9.59 Å². The van der Waals surface area contributed by atoms with Crippen molar-refractivity contribution in [1.29, 1.82) is 0 Å². The number of nitrogens with zero attached hydrogens (tertiary/aromatic N) is 1. The number of esters is 1. The summed E-state index contributed by atoms with van der Waals surface area (Å²) in [6, 6.07) is 10.5. The molecule has 26 heavy (non-hydrogen) atoms. The molecule has 0 saturated heterocycles. The molecule has 1 aliphatic carbocycles. The highest BCUT2D eigenvalue weighted by atomic mass is 16.5. The van der Waals surface area contributed by atoms with Crippen molar-refractivity contribution in [2.75, 3.05) is 6.61 Å². The number of hydrogen-bond acceptors (Lipinski definition) is 5. The number of carbonyl (C=O) groups is 2. The van der Waals surface area contributed by atoms with Gasteiger partial charge in [-0.25, -0.2) is 4.79 Å². The maximum absolute atomic E-state index is 12.8. The van der Waals surface area contributed by atoms with Gasteiger partial charge in [-0.15, -0.1) is 0 Å². The minimum absolute atomic E-state index is 0.0826. The largest absolute Gasteiger partial charge is 0.462 e. The second-order valence-corrected chi connectivity index (χ2v) is 6.47. The predicted molar refractivity (Wildman–Crippen MR) is 97.3 cm³/mol. The van der Waals surface area contributed by atoms with E-state index >= 15 is 0 Å². The Hall–Kier alpha value is -2.95. The zero-order valence-electron chi connectivity index (χ0n) is 14.6. The summed E-state index contributed by atoms with van der Waals surface area (Å²) in [5, 5.41) is 4.67. The molecule has 0 N–H and O–H groups in total. The minimum Gasteiger partial charge on any atom is -0.462 e. The van der Waals surface area contributed by atoms with E-state index in [0.717, 1.165) is 25.7 Å². The maximum Gasteiger partial charge on any atom is 0.340 e. The minimum atomic E-state index is -0.431. The smallest absolute Gasteiger partial charge is 0.340 e. The van der Waals surface area contributed by atoms with E-state index in [0.29, 0.717) is 45.5 Å². The molecule has 0 bridgehead atoms. The first kappa shape index (κ1) is 16.5. The van der Waals surface area contributed by atoms with Crippen LogP contribution in [0.5, 0.6) is 0 Å². The third-order valence-corrected chi connectivity index (χ3v) is 4.75. The lowest BCUT2D eigenvalue weighted by atomic mass is 9.87. The van der Waals surface area contributed by atoms with Crippen LogP contribution in [0.3, 0.4) is 0 Å². The molecule has 0 amide bonds. The van der Waals surface area contributed by atoms with Gasteiger partial charge in [-0.05, 0) is 18.6 Å². The molecule has 1 heterocycles. The van der Waals surface area contributed by atoms with Gasteiger partial charge in [-0.1, -0.05) is 55.6 Å². The summed E-state index contributed by atoms with van der Waals surface area (Å²) < 4.78 is 10.9. The van der Waals surface area contributed by atoms with Crippen molar-refractivity contribution in [2.45, 2.75) is 32.6 Å². The second kappa shape index (κ2) is 6.75. The van der Waals surface area contributed by atoms with E-state index in [1.54, 1.807) is 18.2 Å². The molecule has 5 nitrogen and oxygen atoms in total. The topological polar surface area (TPSA) is 69.4 Å². The standard InChI is InChI=1S/C21H19NO4/c1-2-3-4-7-12-25-21(24)16-11-10-15-17-18(16)22-26-20(17)14-9-6-5-8-13(14)19(15)23/h5-6,8-11H,2-4,7,12H2,1H3. The van der Waals surface area contributed by atoms with E-state index in [4.69, 9.17) is 9.26 Å². The number of ketones is 1. The van der Waals surface area contributed by atoms with Crippen LogP contribution in [0.1, 0.15) is 58.9 Å². The number of benzene rings is 2. The molecule has 1 aromatic heterocycles. The van der Waals surface area contributed by atoms with Crippen molar-refractivity contribution in [3.63, 3.8) is 0 Å². The molecule has 0 aliphatic heterocycles. The van der Waals surface area contributed by atoms with Crippen LogP contribution in [0.15, 0.2) is 40.9 Å². The lowest BCUT2D eigenvalue weighted by Crippen LogP contribution is -2.11. The van der Waals surface area contributed by atoms with Gasteiger partial charge in [0.2, 0.25) is 0 Å². The number of ether oxygens (including phenoxy) is 1. The van der Waals surface area contributed by atoms with Crippen LogP contribution in [-0.2, 0) is 4.74 Å². The summed E-state index contributed by atoms with van der Waals surface area (Å²) >= 11 is 0. The first-order valence-electron chi connectivity index (χ1n) is 8.96. The van der Waals surface area contributed by atoms with Crippen LogP contribution in [0.4, 0.5) is 0 Å². The Kier molecular flexibility index (Phi) is 4.29. The third kappa shape index (κ3) is 2.60. The fourth-order valence-corrected chi connectivity index (χ4v) is 3.39. The highest BCUT2D eigenvalue weighted by Crippen LogP contribution is 2.40. The first-order chi connectivity index (χ1) is 12.7. The number of carbonyl (C=O) groups excluding carboxylic acids is 2. The van der Waals surface area contributed by atoms with E-state index in [2.05, 4.69) is 12.1 Å². The second-order valence-electron chi connectivity index (χ2n) is 6.47. The van der Waals surface area contributed by atoms with Gasteiger partial charge in [-0.3, -0.25) is 4.79 Å². The maximum atomic E-state index is 12.8. The Morgan fingerprint density at radius 1 is 1.04 bits per heavy atom. The van der Waals surface area contributed by atoms with Crippen LogP contribution in [0.25, 0.3) is 22.2 Å². The molecule has 5 heteroatoms. The van der Waals surface area contributed by atoms with Gasteiger partial charge < -0.3 is 9.26 Å². The van der Waals surface area contributed by atoms with Crippen LogP contribution >= 0.6 is 0 Å². The molecule has 2 aromatic carbocycles. The Balaban J connectivity index is 1.68. The molecule has 0 spiro atoms. The van der Waals surface area contributed by atoms with Crippen molar-refractivity contribution in [3.05, 3.63) is 53.1 Å². The Morgan fingerprint density at radius 2 is 1.85 bits per heavy atom. The van der Waals surface area contributed by atoms with Gasteiger partial charge in [0.25, 0.3) is 0 Å². The lowest BCUT2D eigenvalue weighted by molar-refractivity contribution is 0.0499. The zero-order chi connectivity index (χ0) is 18.1. The van der Waals surface area contributed by atoms with Crippen LogP contribution in [0.2, 0.25) is 0 Å². The van der Waals surface area contributed by atoms with Crippen molar-refractivity contribution in [3.8, 4) is 11.3 Å². The Bertz CT molecular complexity index is 1000. The van der Waals surface area contributed by atoms with Crippen molar-refractivity contribution < 1.29 is 18.8 Å². The van der Waals surface area contributed by atoms with E-state index < -0.39 is 5.97 Å². The highest BCUT2D eigenvalue weighted by molar-refractivity contribution is 6.26. The average Bonchev–Trinajstić information content (AvgIpc) is 3.11. The summed E-state index contributed by atoms with van der Waals surface area (Å²) in [4.78, 5) is 25.2. The summed E-state index contributed by atoms with van der Waals surface area (Å²) in [5.41, 5.74) is 2.52. The molecule has 0 atom stereocenters. The molecule has 1 aliphatic rings. The molecular weight excluding hydrogens is 330 g/mol. The van der Waals surface area contributed by atoms with Crippen molar-refractivity contribution in [2.24, 2.45) is 0 Å². The summed E-state index contributed by atoms with van der Waals surface area (Å²) in [5.74, 6) is 0.0165. The zero-order valence-corrected chi connectivity index (χ0v) is 14.6. The van der Waals surface area contributed by atoms with Gasteiger partial charge in [0.1, 0.15) is 5.52 Å². The molecule has 0 radical (unpaired) electrons. The predicted octanol–water partition coefficient (Wildman–Crippen LogP) is 4.78. The van der Waals surface area contributed by atoms with E-state index in [1.165, 1.54) is 0 Å². The number of hydrogen-bond donors (Lipinski definition) is 0. The van der Waals surface area contributed by atoms with Crippen LogP contribution in [0, 0.1) is 0 Å². The van der Waals surface area contributed by atoms with Gasteiger partial charge in [-0.2, -0.15) is 0 Å². The summed E-state index contributed by atoms with van der Waals surface area (Å²) in [7, 11) is 0. The number of rotatable bonds is 6. The molecule has 4 rings (SSSR count). The van der Waals surface area contributed by atoms with E-state index in [1.807, 2.05) is 18.2 Å². The quantitative estimate of drug-likeness (QED) is 0.370. The van der Waals surface area contributed by atoms with Gasteiger partial charge in [0, 0.05) is 16.7 Å². The normalized spacial score (nSPS) is 12.3. The first-order valence-corrected chi connectivity index (χ1v) is 8.96. The van der Waals surface area contributed by atoms with Crippen LogP contribution < -0.4 is 0 Å². The SMILES string of the molecule is CCCCCCOC(=O)c1ccc2c3c(onc13)-c1ccccc1C2=O. The average molecular weight is 349 g/mol. The molecule has 0 fully saturated rings. The molecule has 0 saturated carbocycles. The highest BCUT2D eigenvalue weighted by Gasteiger charge is 2.31. The number of aromatic nitrogens is 1. The fourth-order valence-electron chi connectivity index (χ4n) is 3.39. The third-order valence-electron chi connectivity index (χ3n) is 4.75. The van der Waals surface area contributed by atoms with Gasteiger partial charge >= 0.3 is 5.97 Å².